The fraction of sp³-hybridized carbons (Fsp3) is 0.500. The number of hydrogen-bond acceptors (Lipinski definition) is 4. The number of benzene rings is 3. The molecule has 3 aliphatic heterocycles. The molecule has 1 N–H and O–H groups in total. The van der Waals surface area contributed by atoms with Crippen LogP contribution in [0.2, 0.25) is 0 Å². The van der Waals surface area contributed by atoms with Crippen molar-refractivity contribution in [2.75, 3.05) is 37.6 Å². The molecule has 2 saturated heterocycles. The van der Waals surface area contributed by atoms with E-state index in [0.717, 1.165) is 55.7 Å². The number of piperidine rings is 2. The number of nitrogens with one attached hydrogen (secondary N) is 1. The summed E-state index contributed by atoms with van der Waals surface area (Å²) in [6, 6.07) is 17.8. The van der Waals surface area contributed by atoms with Gasteiger partial charge in [0.25, 0.3) is 0 Å². The summed E-state index contributed by atoms with van der Waals surface area (Å²) in [6.07, 6.45) is 5.06. The Morgan fingerprint density at radius 1 is 0.930 bits per heavy atom. The first-order chi connectivity index (χ1) is 20.6. The van der Waals surface area contributed by atoms with Crippen LogP contribution in [-0.2, 0) is 13.0 Å². The first-order valence-electron chi connectivity index (χ1n) is 15.8. The third-order valence-corrected chi connectivity index (χ3v) is 9.82. The van der Waals surface area contributed by atoms with Crippen LogP contribution in [0.4, 0.5) is 18.9 Å². The van der Waals surface area contributed by atoms with E-state index in [1.54, 1.807) is 0 Å². The van der Waals surface area contributed by atoms with Gasteiger partial charge in [-0.2, -0.15) is 0 Å². The fourth-order valence-electron chi connectivity index (χ4n) is 7.44. The maximum atomic E-state index is 16.2. The third-order valence-electron chi connectivity index (χ3n) is 9.82. The summed E-state index contributed by atoms with van der Waals surface area (Å²) >= 11 is 0. The van der Waals surface area contributed by atoms with Crippen LogP contribution in [0, 0.1) is 17.0 Å². The van der Waals surface area contributed by atoms with Gasteiger partial charge in [0.1, 0.15) is 29.7 Å². The monoisotopic (exact) mass is 591 g/mol. The Hall–Kier alpha value is -3.03. The van der Waals surface area contributed by atoms with Gasteiger partial charge in [-0.05, 0) is 112 Å². The minimum absolute atomic E-state index is 0.00871. The van der Waals surface area contributed by atoms with E-state index in [4.69, 9.17) is 4.74 Å². The standard InChI is InChI=1S/C36H44F3N3O/c1-25-19-27-20-29(43-23-26-7-5-4-6-8-26)9-10-30(27)34(42(25)24-35(2,3)39)33-31(37)21-28(22-32(33)38)41-17-13-36(14-18-41)11-15-40-16-12-36/h4-10,20-22,25,34,40H,11-19,23-24H2,1-3H3/t25-,34?/m1/s1. The highest BCUT2D eigenvalue weighted by molar-refractivity contribution is 5.53. The molecule has 3 aliphatic rings. The molecule has 1 unspecified atom stereocenters. The van der Waals surface area contributed by atoms with Crippen molar-refractivity contribution in [3.63, 3.8) is 0 Å². The van der Waals surface area contributed by atoms with Crippen molar-refractivity contribution in [1.29, 1.82) is 0 Å². The maximum Gasteiger partial charge on any atom is 0.133 e. The molecule has 0 aliphatic carbocycles. The van der Waals surface area contributed by atoms with Crippen molar-refractivity contribution in [2.45, 2.75) is 77.2 Å². The molecule has 3 aromatic rings. The highest BCUT2D eigenvalue weighted by Crippen LogP contribution is 2.44. The second-order valence-electron chi connectivity index (χ2n) is 13.5. The Kier molecular flexibility index (Phi) is 8.49. The van der Waals surface area contributed by atoms with Crippen molar-refractivity contribution in [1.82, 2.24) is 10.2 Å². The van der Waals surface area contributed by atoms with Crippen LogP contribution in [0.25, 0.3) is 0 Å². The maximum absolute atomic E-state index is 16.2. The summed E-state index contributed by atoms with van der Waals surface area (Å²) in [5.41, 5.74) is 2.23. The number of rotatable bonds is 7. The van der Waals surface area contributed by atoms with E-state index in [1.807, 2.05) is 60.4 Å². The van der Waals surface area contributed by atoms with Crippen molar-refractivity contribution in [2.24, 2.45) is 5.41 Å². The van der Waals surface area contributed by atoms with Crippen molar-refractivity contribution in [3.05, 3.63) is 94.6 Å². The number of hydrogen-bond donors (Lipinski definition) is 1. The van der Waals surface area contributed by atoms with Gasteiger partial charge < -0.3 is 15.0 Å². The summed E-state index contributed by atoms with van der Waals surface area (Å²) in [5.74, 6) is -0.442. The van der Waals surface area contributed by atoms with Gasteiger partial charge >= 0.3 is 0 Å². The van der Waals surface area contributed by atoms with Crippen LogP contribution in [0.15, 0.2) is 60.7 Å². The second kappa shape index (κ2) is 12.2. The van der Waals surface area contributed by atoms with Crippen LogP contribution in [0.3, 0.4) is 0 Å². The Bertz CT molecular complexity index is 1380. The van der Waals surface area contributed by atoms with Crippen molar-refractivity contribution >= 4 is 5.69 Å². The minimum atomic E-state index is -1.53. The van der Waals surface area contributed by atoms with E-state index in [0.29, 0.717) is 29.9 Å². The van der Waals surface area contributed by atoms with Gasteiger partial charge in [-0.3, -0.25) is 4.90 Å². The number of anilines is 1. The molecule has 2 atom stereocenters. The van der Waals surface area contributed by atoms with E-state index in [-0.39, 0.29) is 18.2 Å². The molecule has 0 bridgehead atoms. The molecular weight excluding hydrogens is 547 g/mol. The van der Waals surface area contributed by atoms with Crippen LogP contribution in [0.1, 0.15) is 74.8 Å². The Morgan fingerprint density at radius 3 is 2.26 bits per heavy atom. The van der Waals surface area contributed by atoms with E-state index >= 15 is 13.2 Å². The molecule has 7 heteroatoms. The highest BCUT2D eigenvalue weighted by Gasteiger charge is 2.40. The number of fused-ring (bicyclic) bond motifs is 1. The summed E-state index contributed by atoms with van der Waals surface area (Å²) < 4.78 is 53.6. The highest BCUT2D eigenvalue weighted by atomic mass is 19.1. The zero-order chi connectivity index (χ0) is 30.2. The molecule has 0 amide bonds. The molecule has 1 spiro atoms. The fourth-order valence-corrected chi connectivity index (χ4v) is 7.44. The molecule has 2 fully saturated rings. The van der Waals surface area contributed by atoms with E-state index < -0.39 is 23.3 Å². The minimum Gasteiger partial charge on any atom is -0.489 e. The SMILES string of the molecule is C[C@@H]1Cc2cc(OCc3ccccc3)ccc2C(c2c(F)cc(N3CCC4(CCNCC4)CC3)cc2F)N1CC(C)(C)F. The Morgan fingerprint density at radius 2 is 1.60 bits per heavy atom. The molecule has 230 valence electrons. The van der Waals surface area contributed by atoms with Gasteiger partial charge in [-0.25, -0.2) is 13.2 Å². The van der Waals surface area contributed by atoms with Crippen LogP contribution in [-0.4, -0.2) is 49.3 Å². The van der Waals surface area contributed by atoms with Gasteiger partial charge in [-0.1, -0.05) is 36.4 Å². The van der Waals surface area contributed by atoms with Gasteiger partial charge in [0.05, 0.1) is 6.04 Å². The van der Waals surface area contributed by atoms with Crippen LogP contribution in [0.5, 0.6) is 5.75 Å². The molecule has 43 heavy (non-hydrogen) atoms. The largest absolute Gasteiger partial charge is 0.489 e. The third kappa shape index (κ3) is 6.58. The molecule has 4 nitrogen and oxygen atoms in total. The number of ether oxygens (including phenoxy) is 1. The topological polar surface area (TPSA) is 27.7 Å². The van der Waals surface area contributed by atoms with E-state index in [2.05, 4.69) is 10.2 Å². The first-order valence-corrected chi connectivity index (χ1v) is 15.8. The average Bonchev–Trinajstić information content (AvgIpc) is 2.98. The lowest BCUT2D eigenvalue weighted by atomic mass is 9.71. The van der Waals surface area contributed by atoms with Crippen LogP contribution < -0.4 is 15.0 Å². The smallest absolute Gasteiger partial charge is 0.133 e. The van der Waals surface area contributed by atoms with Gasteiger partial charge in [-0.15, -0.1) is 0 Å². The molecule has 0 aromatic heterocycles. The molecule has 0 radical (unpaired) electrons. The number of nitrogens with zero attached hydrogens (tertiary/aromatic N) is 2. The predicted molar refractivity (Wildman–Crippen MR) is 166 cm³/mol. The number of halogens is 3. The lowest BCUT2D eigenvalue weighted by molar-refractivity contribution is 0.0652. The van der Waals surface area contributed by atoms with Crippen molar-refractivity contribution < 1.29 is 17.9 Å². The molecule has 0 saturated carbocycles. The second-order valence-corrected chi connectivity index (χ2v) is 13.5. The zero-order valence-electron chi connectivity index (χ0n) is 25.6. The molecule has 3 heterocycles. The predicted octanol–water partition coefficient (Wildman–Crippen LogP) is 7.60. The Labute approximate surface area is 254 Å². The molecule has 3 aromatic carbocycles. The zero-order valence-corrected chi connectivity index (χ0v) is 25.6. The summed E-state index contributed by atoms with van der Waals surface area (Å²) in [4.78, 5) is 4.05. The van der Waals surface area contributed by atoms with E-state index in [9.17, 15) is 0 Å². The summed E-state index contributed by atoms with van der Waals surface area (Å²) in [7, 11) is 0. The van der Waals surface area contributed by atoms with E-state index in [1.165, 1.54) is 38.8 Å². The summed E-state index contributed by atoms with van der Waals surface area (Å²) in [6.45, 7) is 9.24. The van der Waals surface area contributed by atoms with Gasteiger partial charge in [0, 0.05) is 36.9 Å². The van der Waals surface area contributed by atoms with Crippen LogP contribution >= 0.6 is 0 Å². The lowest BCUT2D eigenvalue weighted by Gasteiger charge is -2.45. The Balaban J connectivity index is 1.30. The average molecular weight is 592 g/mol. The molecule has 6 rings (SSSR count). The first kappa shape index (κ1) is 30.0. The van der Waals surface area contributed by atoms with Crippen molar-refractivity contribution in [3.8, 4) is 5.75 Å². The quantitative estimate of drug-likeness (QED) is 0.306. The normalized spacial score (nSPS) is 22.4. The summed E-state index contributed by atoms with van der Waals surface area (Å²) in [5, 5.41) is 3.45. The number of alkyl halides is 1. The van der Waals surface area contributed by atoms with Gasteiger partial charge in [0.2, 0.25) is 0 Å². The lowest BCUT2D eigenvalue weighted by Crippen LogP contribution is -2.48. The van der Waals surface area contributed by atoms with Gasteiger partial charge in [0.15, 0.2) is 0 Å². The molecular formula is C36H44F3N3O.